The van der Waals surface area contributed by atoms with Gasteiger partial charge in [0, 0.05) is 17.4 Å². The minimum Gasteiger partial charge on any atom is -0.338 e. The van der Waals surface area contributed by atoms with Crippen LogP contribution in [0.15, 0.2) is 110 Å². The van der Waals surface area contributed by atoms with Crippen molar-refractivity contribution < 1.29 is 0 Å². The fourth-order valence-corrected chi connectivity index (χ4v) is 4.92. The highest BCUT2D eigenvalue weighted by molar-refractivity contribution is 5.76. The van der Waals surface area contributed by atoms with Gasteiger partial charge in [-0.15, -0.1) is 0 Å². The lowest BCUT2D eigenvalue weighted by Gasteiger charge is -2.39. The van der Waals surface area contributed by atoms with E-state index in [1.54, 1.807) is 0 Å². The molecule has 1 heteroatoms. The Balaban J connectivity index is 1.65. The van der Waals surface area contributed by atoms with Crippen LogP contribution in [0.5, 0.6) is 0 Å². The van der Waals surface area contributed by atoms with Crippen molar-refractivity contribution in [2.75, 3.05) is 4.90 Å². The smallest absolute Gasteiger partial charge is 0.0413 e. The highest BCUT2D eigenvalue weighted by atomic mass is 15.2. The third-order valence-corrected chi connectivity index (χ3v) is 6.59. The Labute approximate surface area is 193 Å². The highest BCUT2D eigenvalue weighted by Crippen LogP contribution is 2.40. The first-order valence-electron chi connectivity index (χ1n) is 11.7. The van der Waals surface area contributed by atoms with Gasteiger partial charge in [0.2, 0.25) is 0 Å². The van der Waals surface area contributed by atoms with E-state index in [9.17, 15) is 0 Å². The number of hydrogen-bond donors (Lipinski definition) is 0. The second-order valence-corrected chi connectivity index (χ2v) is 8.74. The molecule has 0 N–H and O–H groups in total. The molecule has 0 saturated heterocycles. The second-order valence-electron chi connectivity index (χ2n) is 8.74. The third kappa shape index (κ3) is 4.94. The Kier molecular flexibility index (Phi) is 7.07. The van der Waals surface area contributed by atoms with E-state index in [-0.39, 0.29) is 0 Å². The summed E-state index contributed by atoms with van der Waals surface area (Å²) in [6.07, 6.45) is 10.6. The summed E-state index contributed by atoms with van der Waals surface area (Å²) >= 11 is 0. The van der Waals surface area contributed by atoms with Gasteiger partial charge in [0.05, 0.1) is 0 Å². The summed E-state index contributed by atoms with van der Waals surface area (Å²) < 4.78 is 0. The first-order valence-corrected chi connectivity index (χ1v) is 11.7. The van der Waals surface area contributed by atoms with Crippen LogP contribution in [0.2, 0.25) is 0 Å². The van der Waals surface area contributed by atoms with Gasteiger partial charge in [-0.05, 0) is 73.1 Å². The van der Waals surface area contributed by atoms with Crippen molar-refractivity contribution in [1.82, 2.24) is 0 Å². The first-order chi connectivity index (χ1) is 15.7. The monoisotopic (exact) mass is 419 g/mol. The molecule has 162 valence electrons. The zero-order valence-corrected chi connectivity index (χ0v) is 19.1. The molecule has 3 aromatic carbocycles. The number of allylic oxidation sites excluding steroid dienone is 4. The fourth-order valence-electron chi connectivity index (χ4n) is 4.92. The van der Waals surface area contributed by atoms with Gasteiger partial charge in [-0.1, -0.05) is 98.0 Å². The Morgan fingerprint density at radius 2 is 1.53 bits per heavy atom. The average molecular weight is 420 g/mol. The van der Waals surface area contributed by atoms with Gasteiger partial charge >= 0.3 is 0 Å². The molecule has 0 radical (unpaired) electrons. The number of benzene rings is 3. The third-order valence-electron chi connectivity index (χ3n) is 6.59. The molecule has 4 rings (SSSR count). The van der Waals surface area contributed by atoms with Crippen LogP contribution in [0.25, 0.3) is 5.57 Å². The van der Waals surface area contributed by atoms with Gasteiger partial charge in [0.25, 0.3) is 0 Å². The lowest BCUT2D eigenvalue weighted by molar-refractivity contribution is 0.389. The summed E-state index contributed by atoms with van der Waals surface area (Å²) in [6, 6.07) is 29.4. The maximum Gasteiger partial charge on any atom is 0.0413 e. The summed E-state index contributed by atoms with van der Waals surface area (Å²) in [4.78, 5) is 2.55. The topological polar surface area (TPSA) is 3.24 Å². The SMILES string of the molecule is C=C/C=C(\C=C)c1ccc(N(c2ccccc2)C2CCC[C@H](c3ccc(C)cc3)C2)cc1. The average Bonchev–Trinajstić information content (AvgIpc) is 2.85. The maximum absolute atomic E-state index is 3.95. The summed E-state index contributed by atoms with van der Waals surface area (Å²) in [6.45, 7) is 9.94. The normalized spacial score (nSPS) is 18.7. The van der Waals surface area contributed by atoms with E-state index in [2.05, 4.69) is 104 Å². The van der Waals surface area contributed by atoms with Gasteiger partial charge < -0.3 is 4.90 Å². The van der Waals surface area contributed by atoms with Crippen molar-refractivity contribution in [1.29, 1.82) is 0 Å². The number of anilines is 2. The number of hydrogen-bond acceptors (Lipinski definition) is 1. The molecule has 1 unspecified atom stereocenters. The molecule has 2 atom stereocenters. The molecule has 1 aliphatic carbocycles. The van der Waals surface area contributed by atoms with Gasteiger partial charge in [0.15, 0.2) is 0 Å². The van der Waals surface area contributed by atoms with E-state index in [0.29, 0.717) is 12.0 Å². The van der Waals surface area contributed by atoms with Crippen molar-refractivity contribution in [3.63, 3.8) is 0 Å². The zero-order valence-electron chi connectivity index (χ0n) is 19.1. The molecule has 1 fully saturated rings. The van der Waals surface area contributed by atoms with Crippen LogP contribution in [0.3, 0.4) is 0 Å². The van der Waals surface area contributed by atoms with E-state index in [0.717, 1.165) is 11.1 Å². The van der Waals surface area contributed by atoms with E-state index < -0.39 is 0 Å². The molecule has 0 heterocycles. The fraction of sp³-hybridized carbons (Fsp3) is 0.226. The van der Waals surface area contributed by atoms with E-state index in [4.69, 9.17) is 0 Å². The molecular formula is C31H33N. The van der Waals surface area contributed by atoms with Crippen LogP contribution in [-0.2, 0) is 0 Å². The summed E-state index contributed by atoms with van der Waals surface area (Å²) in [7, 11) is 0. The van der Waals surface area contributed by atoms with Crippen molar-refractivity contribution in [3.8, 4) is 0 Å². The van der Waals surface area contributed by atoms with Crippen LogP contribution < -0.4 is 4.90 Å². The molecule has 0 bridgehead atoms. The van der Waals surface area contributed by atoms with Crippen LogP contribution in [0.4, 0.5) is 11.4 Å². The van der Waals surface area contributed by atoms with Crippen molar-refractivity contribution in [2.45, 2.75) is 44.6 Å². The van der Waals surface area contributed by atoms with E-state index >= 15 is 0 Å². The molecule has 0 aromatic heterocycles. The maximum atomic E-state index is 3.95. The number of aryl methyl sites for hydroxylation is 1. The van der Waals surface area contributed by atoms with Crippen molar-refractivity contribution in [2.24, 2.45) is 0 Å². The number of nitrogens with zero attached hydrogens (tertiary/aromatic N) is 1. The predicted octanol–water partition coefficient (Wildman–Crippen LogP) is 8.61. The zero-order chi connectivity index (χ0) is 22.3. The van der Waals surface area contributed by atoms with E-state index in [1.807, 2.05) is 18.2 Å². The molecule has 0 spiro atoms. The van der Waals surface area contributed by atoms with Gasteiger partial charge in [-0.2, -0.15) is 0 Å². The Morgan fingerprint density at radius 1 is 0.844 bits per heavy atom. The number of para-hydroxylation sites is 1. The molecule has 1 saturated carbocycles. The molecule has 0 amide bonds. The lowest BCUT2D eigenvalue weighted by atomic mass is 9.80. The second kappa shape index (κ2) is 10.3. The first kappa shape index (κ1) is 21.9. The lowest BCUT2D eigenvalue weighted by Crippen LogP contribution is -2.35. The predicted molar refractivity (Wildman–Crippen MR) is 140 cm³/mol. The molecule has 3 aromatic rings. The van der Waals surface area contributed by atoms with Gasteiger partial charge in [0.1, 0.15) is 0 Å². The van der Waals surface area contributed by atoms with Gasteiger partial charge in [-0.3, -0.25) is 0 Å². The van der Waals surface area contributed by atoms with Crippen LogP contribution in [0.1, 0.15) is 48.3 Å². The van der Waals surface area contributed by atoms with Crippen molar-refractivity contribution >= 4 is 16.9 Å². The van der Waals surface area contributed by atoms with E-state index in [1.165, 1.54) is 48.2 Å². The summed E-state index contributed by atoms with van der Waals surface area (Å²) in [5.41, 5.74) is 7.58. The van der Waals surface area contributed by atoms with Crippen LogP contribution in [-0.4, -0.2) is 6.04 Å². The largest absolute Gasteiger partial charge is 0.338 e. The van der Waals surface area contributed by atoms with Crippen molar-refractivity contribution in [3.05, 3.63) is 127 Å². The molecule has 1 nitrogen and oxygen atoms in total. The Hall–Kier alpha value is -3.32. The highest BCUT2D eigenvalue weighted by Gasteiger charge is 2.29. The summed E-state index contributed by atoms with van der Waals surface area (Å²) in [5.74, 6) is 0.614. The minimum atomic E-state index is 0.478. The van der Waals surface area contributed by atoms with Crippen LogP contribution in [0, 0.1) is 6.92 Å². The summed E-state index contributed by atoms with van der Waals surface area (Å²) in [5, 5.41) is 0. The minimum absolute atomic E-state index is 0.478. The molecule has 32 heavy (non-hydrogen) atoms. The quantitative estimate of drug-likeness (QED) is 0.346. The molecule has 1 aliphatic rings. The molecule has 0 aliphatic heterocycles. The Morgan fingerprint density at radius 3 is 2.19 bits per heavy atom. The Bertz CT molecular complexity index is 1060. The standard InChI is InChI=1S/C31H33N/c1-4-10-25(5-2)26-19-21-30(22-20-26)32(29-12-7-6-8-13-29)31-14-9-11-28(23-31)27-17-15-24(3)16-18-27/h4-8,10,12-13,15-22,28,31H,1-2,9,11,14,23H2,3H3/b25-10+/t28-,31?/m0/s1. The number of rotatable bonds is 7. The van der Waals surface area contributed by atoms with Gasteiger partial charge in [-0.25, -0.2) is 0 Å². The van der Waals surface area contributed by atoms with Crippen LogP contribution >= 0.6 is 0 Å². The molecular weight excluding hydrogens is 386 g/mol.